The highest BCUT2D eigenvalue weighted by Gasteiger charge is 2.18. The normalized spacial score (nSPS) is 15.8. The van der Waals surface area contributed by atoms with Crippen molar-refractivity contribution in [2.24, 2.45) is 0 Å². The minimum absolute atomic E-state index is 0.0663. The molecule has 2 N–H and O–H groups in total. The van der Waals surface area contributed by atoms with E-state index in [0.717, 1.165) is 25.9 Å². The fraction of sp³-hybridized carbons (Fsp3) is 0.364. The number of para-hydroxylation sites is 1. The maximum absolute atomic E-state index is 12.7. The van der Waals surface area contributed by atoms with Crippen LogP contribution in [0.3, 0.4) is 0 Å². The molecule has 3 rings (SSSR count). The lowest BCUT2D eigenvalue weighted by molar-refractivity contribution is 0.0858. The molecule has 1 heterocycles. The van der Waals surface area contributed by atoms with Gasteiger partial charge in [0.25, 0.3) is 11.8 Å². The second-order valence-corrected chi connectivity index (χ2v) is 6.72. The Morgan fingerprint density at radius 3 is 2.79 bits per heavy atom. The first-order valence-electron chi connectivity index (χ1n) is 9.70. The molecular weight excluding hydrogens is 356 g/mol. The summed E-state index contributed by atoms with van der Waals surface area (Å²) < 4.78 is 11.1. The monoisotopic (exact) mass is 382 g/mol. The molecule has 6 heteroatoms. The highest BCUT2D eigenvalue weighted by Crippen LogP contribution is 2.19. The van der Waals surface area contributed by atoms with Gasteiger partial charge in [-0.3, -0.25) is 9.59 Å². The maximum atomic E-state index is 12.7. The number of carbonyl (C=O) groups excluding carboxylic acids is 2. The summed E-state index contributed by atoms with van der Waals surface area (Å²) in [6.45, 7) is 3.84. The van der Waals surface area contributed by atoms with E-state index in [0.29, 0.717) is 35.7 Å². The summed E-state index contributed by atoms with van der Waals surface area (Å²) in [5.41, 5.74) is 1.37. The molecule has 1 aliphatic rings. The van der Waals surface area contributed by atoms with Gasteiger partial charge in [-0.15, -0.1) is 0 Å². The van der Waals surface area contributed by atoms with Crippen molar-refractivity contribution in [1.29, 1.82) is 0 Å². The Morgan fingerprint density at radius 2 is 2.00 bits per heavy atom. The van der Waals surface area contributed by atoms with Crippen LogP contribution in [0, 0.1) is 0 Å². The molecule has 1 atom stereocenters. The van der Waals surface area contributed by atoms with Gasteiger partial charge in [0.2, 0.25) is 0 Å². The van der Waals surface area contributed by atoms with Crippen LogP contribution in [0.15, 0.2) is 48.5 Å². The van der Waals surface area contributed by atoms with Gasteiger partial charge in [0, 0.05) is 18.7 Å². The van der Waals surface area contributed by atoms with Crippen LogP contribution >= 0.6 is 0 Å². The zero-order valence-electron chi connectivity index (χ0n) is 16.1. The van der Waals surface area contributed by atoms with Crippen molar-refractivity contribution in [3.63, 3.8) is 0 Å². The molecule has 1 aliphatic heterocycles. The summed E-state index contributed by atoms with van der Waals surface area (Å²) in [7, 11) is 0. The molecule has 6 nitrogen and oxygen atoms in total. The lowest BCUT2D eigenvalue weighted by atomic mass is 10.1. The predicted molar refractivity (Wildman–Crippen MR) is 108 cm³/mol. The van der Waals surface area contributed by atoms with Crippen molar-refractivity contribution >= 4 is 17.5 Å². The van der Waals surface area contributed by atoms with Gasteiger partial charge in [-0.25, -0.2) is 0 Å². The molecule has 0 radical (unpaired) electrons. The third-order valence-electron chi connectivity index (χ3n) is 4.50. The molecule has 2 aromatic carbocycles. The molecule has 0 bridgehead atoms. The zero-order valence-corrected chi connectivity index (χ0v) is 16.1. The van der Waals surface area contributed by atoms with Gasteiger partial charge in [-0.1, -0.05) is 25.1 Å². The summed E-state index contributed by atoms with van der Waals surface area (Å²) in [6, 6.07) is 14.0. The Morgan fingerprint density at radius 1 is 1.14 bits per heavy atom. The molecule has 2 amide bonds. The fourth-order valence-electron chi connectivity index (χ4n) is 3.04. The van der Waals surface area contributed by atoms with E-state index in [-0.39, 0.29) is 17.9 Å². The lowest BCUT2D eigenvalue weighted by Gasteiger charge is -2.14. The van der Waals surface area contributed by atoms with Crippen LogP contribution in [0.2, 0.25) is 0 Å². The summed E-state index contributed by atoms with van der Waals surface area (Å²) in [4.78, 5) is 25.2. The molecule has 1 unspecified atom stereocenters. The lowest BCUT2D eigenvalue weighted by Crippen LogP contribution is -2.32. The van der Waals surface area contributed by atoms with Crippen LogP contribution in [0.25, 0.3) is 0 Å². The first-order chi connectivity index (χ1) is 13.7. The standard InChI is InChI=1S/C22H26N2O4/c1-2-12-27-17-8-5-7-16(14-17)21(25)24-20-11-4-3-10-19(20)22(26)23-15-18-9-6-13-28-18/h3-5,7-8,10-11,14,18H,2,6,9,12-13,15H2,1H3,(H,23,26)(H,24,25). The molecule has 0 spiro atoms. The first-order valence-corrected chi connectivity index (χ1v) is 9.70. The minimum Gasteiger partial charge on any atom is -0.494 e. The van der Waals surface area contributed by atoms with E-state index in [4.69, 9.17) is 9.47 Å². The van der Waals surface area contributed by atoms with Gasteiger partial charge in [0.1, 0.15) is 5.75 Å². The number of nitrogens with one attached hydrogen (secondary N) is 2. The molecule has 148 valence electrons. The molecular formula is C22H26N2O4. The van der Waals surface area contributed by atoms with Crippen LogP contribution in [-0.4, -0.2) is 37.7 Å². The van der Waals surface area contributed by atoms with Gasteiger partial charge in [0.05, 0.1) is 24.0 Å². The molecule has 0 saturated carbocycles. The second kappa shape index (κ2) is 9.90. The SMILES string of the molecule is CCCOc1cccc(C(=O)Nc2ccccc2C(=O)NCC2CCCO2)c1. The van der Waals surface area contributed by atoms with E-state index < -0.39 is 0 Å². The second-order valence-electron chi connectivity index (χ2n) is 6.72. The van der Waals surface area contributed by atoms with Gasteiger partial charge >= 0.3 is 0 Å². The number of hydrogen-bond acceptors (Lipinski definition) is 4. The maximum Gasteiger partial charge on any atom is 0.255 e. The molecule has 1 fully saturated rings. The van der Waals surface area contributed by atoms with Crippen LogP contribution < -0.4 is 15.4 Å². The third-order valence-corrected chi connectivity index (χ3v) is 4.50. The Labute approximate surface area is 165 Å². The summed E-state index contributed by atoms with van der Waals surface area (Å²) >= 11 is 0. The predicted octanol–water partition coefficient (Wildman–Crippen LogP) is 3.64. The van der Waals surface area contributed by atoms with Gasteiger partial charge in [-0.05, 0) is 49.6 Å². The van der Waals surface area contributed by atoms with E-state index >= 15 is 0 Å². The molecule has 0 aromatic heterocycles. The summed E-state index contributed by atoms with van der Waals surface area (Å²) in [5, 5.41) is 5.72. The van der Waals surface area contributed by atoms with E-state index in [9.17, 15) is 9.59 Å². The van der Waals surface area contributed by atoms with Crippen molar-refractivity contribution in [3.8, 4) is 5.75 Å². The molecule has 0 aliphatic carbocycles. The minimum atomic E-state index is -0.290. The molecule has 28 heavy (non-hydrogen) atoms. The Balaban J connectivity index is 1.66. The number of rotatable bonds is 8. The van der Waals surface area contributed by atoms with Crippen molar-refractivity contribution in [2.75, 3.05) is 25.1 Å². The van der Waals surface area contributed by atoms with E-state index in [1.807, 2.05) is 13.0 Å². The number of carbonyl (C=O) groups is 2. The number of hydrogen-bond donors (Lipinski definition) is 2. The summed E-state index contributed by atoms with van der Waals surface area (Å²) in [5.74, 6) is 0.129. The Kier molecular flexibility index (Phi) is 7.03. The topological polar surface area (TPSA) is 76.7 Å². The highest BCUT2D eigenvalue weighted by molar-refractivity contribution is 6.09. The van der Waals surface area contributed by atoms with Crippen molar-refractivity contribution in [3.05, 3.63) is 59.7 Å². The fourth-order valence-corrected chi connectivity index (χ4v) is 3.04. The van der Waals surface area contributed by atoms with Gasteiger partial charge in [-0.2, -0.15) is 0 Å². The number of amides is 2. The smallest absolute Gasteiger partial charge is 0.255 e. The molecule has 2 aromatic rings. The number of anilines is 1. The van der Waals surface area contributed by atoms with Gasteiger partial charge < -0.3 is 20.1 Å². The van der Waals surface area contributed by atoms with Crippen LogP contribution in [-0.2, 0) is 4.74 Å². The van der Waals surface area contributed by atoms with Crippen LogP contribution in [0.4, 0.5) is 5.69 Å². The van der Waals surface area contributed by atoms with Crippen LogP contribution in [0.1, 0.15) is 46.9 Å². The van der Waals surface area contributed by atoms with E-state index in [1.54, 1.807) is 42.5 Å². The van der Waals surface area contributed by atoms with Crippen molar-refractivity contribution in [1.82, 2.24) is 5.32 Å². The largest absolute Gasteiger partial charge is 0.494 e. The van der Waals surface area contributed by atoms with Gasteiger partial charge in [0.15, 0.2) is 0 Å². The first kappa shape index (κ1) is 19.9. The third kappa shape index (κ3) is 5.33. The average Bonchev–Trinajstić information content (AvgIpc) is 3.25. The van der Waals surface area contributed by atoms with E-state index in [1.165, 1.54) is 0 Å². The van der Waals surface area contributed by atoms with Crippen molar-refractivity contribution in [2.45, 2.75) is 32.3 Å². The number of ether oxygens (including phenoxy) is 2. The van der Waals surface area contributed by atoms with Crippen molar-refractivity contribution < 1.29 is 19.1 Å². The average molecular weight is 382 g/mol. The zero-order chi connectivity index (χ0) is 19.8. The Hall–Kier alpha value is -2.86. The quantitative estimate of drug-likeness (QED) is 0.731. The summed E-state index contributed by atoms with van der Waals surface area (Å²) in [6.07, 6.45) is 2.94. The van der Waals surface area contributed by atoms with E-state index in [2.05, 4.69) is 10.6 Å². The molecule has 1 saturated heterocycles. The number of benzene rings is 2. The van der Waals surface area contributed by atoms with Crippen LogP contribution in [0.5, 0.6) is 5.75 Å². The highest BCUT2D eigenvalue weighted by atomic mass is 16.5. The Bertz CT molecular complexity index is 816.